The quantitative estimate of drug-likeness (QED) is 0.856. The monoisotopic (exact) mass is 321 g/mol. The fourth-order valence-electron chi connectivity index (χ4n) is 2.98. The predicted octanol–water partition coefficient (Wildman–Crippen LogP) is 3.48. The van der Waals surface area contributed by atoms with Gasteiger partial charge >= 0.3 is 0 Å². The largest absolute Gasteiger partial charge is 0.497 e. The van der Waals surface area contributed by atoms with Crippen molar-refractivity contribution in [1.29, 1.82) is 10.5 Å². The Morgan fingerprint density at radius 1 is 1.09 bits per heavy atom. The van der Waals surface area contributed by atoms with Crippen molar-refractivity contribution in [3.63, 3.8) is 0 Å². The summed E-state index contributed by atoms with van der Waals surface area (Å²) in [5.41, 5.74) is 11.1. The van der Waals surface area contributed by atoms with Crippen molar-refractivity contribution < 1.29 is 4.74 Å². The maximum Gasteiger partial charge on any atom is 0.118 e. The van der Waals surface area contributed by atoms with Gasteiger partial charge in [-0.05, 0) is 41.0 Å². The molecule has 0 spiro atoms. The van der Waals surface area contributed by atoms with E-state index >= 15 is 0 Å². The number of nitriles is 2. The van der Waals surface area contributed by atoms with Crippen molar-refractivity contribution in [2.45, 2.75) is 12.2 Å². The van der Waals surface area contributed by atoms with E-state index in [1.807, 2.05) is 36.0 Å². The molecule has 0 aromatic heterocycles. The van der Waals surface area contributed by atoms with Gasteiger partial charge in [0.1, 0.15) is 17.9 Å². The molecule has 0 bridgehead atoms. The molecule has 0 unspecified atom stereocenters. The number of methoxy groups -OCH3 is 1. The molecule has 2 aromatic rings. The van der Waals surface area contributed by atoms with Crippen LogP contribution in [0.15, 0.2) is 24.3 Å². The lowest BCUT2D eigenvalue weighted by atomic mass is 9.86. The van der Waals surface area contributed by atoms with E-state index in [9.17, 15) is 10.5 Å². The molecule has 0 radical (unpaired) electrons. The lowest BCUT2D eigenvalue weighted by molar-refractivity contribution is 0.415. The van der Waals surface area contributed by atoms with Crippen molar-refractivity contribution in [2.75, 3.05) is 18.6 Å². The van der Waals surface area contributed by atoms with Gasteiger partial charge in [0.05, 0.1) is 23.9 Å². The summed E-state index contributed by atoms with van der Waals surface area (Å²) >= 11 is 1.81. The molecule has 0 amide bonds. The van der Waals surface area contributed by atoms with E-state index in [2.05, 4.69) is 12.1 Å². The lowest BCUT2D eigenvalue weighted by Crippen LogP contribution is -2.12. The summed E-state index contributed by atoms with van der Waals surface area (Å²) in [5, 5.41) is 19.1. The number of nitrogens with zero attached hydrogens (tertiary/aromatic N) is 2. The van der Waals surface area contributed by atoms with Gasteiger partial charge in [0.2, 0.25) is 0 Å². The Labute approximate surface area is 139 Å². The Bertz CT molecular complexity index is 845. The van der Waals surface area contributed by atoms with Gasteiger partial charge in [0, 0.05) is 11.3 Å². The van der Waals surface area contributed by atoms with Crippen LogP contribution in [0.5, 0.6) is 5.75 Å². The number of benzene rings is 2. The van der Waals surface area contributed by atoms with E-state index < -0.39 is 0 Å². The summed E-state index contributed by atoms with van der Waals surface area (Å²) in [7, 11) is 1.62. The van der Waals surface area contributed by atoms with E-state index in [1.54, 1.807) is 7.11 Å². The molecular formula is C18H15N3OS. The van der Waals surface area contributed by atoms with Crippen LogP contribution >= 0.6 is 11.8 Å². The zero-order chi connectivity index (χ0) is 16.4. The van der Waals surface area contributed by atoms with Gasteiger partial charge in [0.15, 0.2) is 0 Å². The van der Waals surface area contributed by atoms with E-state index in [0.29, 0.717) is 16.8 Å². The third-order valence-corrected chi connectivity index (χ3v) is 5.09. The normalized spacial score (nSPS) is 12.8. The minimum absolute atomic E-state index is 0.298. The number of thioether (sulfide) groups is 1. The molecular weight excluding hydrogens is 306 g/mol. The SMILES string of the molecule is COc1ccc(-c2c(C#N)c(N)c(C#N)c3c2CSCC3)cc1. The molecule has 114 valence electrons. The van der Waals surface area contributed by atoms with Crippen LogP contribution < -0.4 is 10.5 Å². The van der Waals surface area contributed by atoms with Crippen LogP contribution in [0, 0.1) is 22.7 Å². The molecule has 1 aliphatic rings. The van der Waals surface area contributed by atoms with Gasteiger partial charge < -0.3 is 10.5 Å². The molecule has 0 fully saturated rings. The molecule has 1 aliphatic heterocycles. The number of nitrogens with two attached hydrogens (primary N) is 1. The predicted molar refractivity (Wildman–Crippen MR) is 92.1 cm³/mol. The molecule has 5 heteroatoms. The van der Waals surface area contributed by atoms with Crippen molar-refractivity contribution in [2.24, 2.45) is 0 Å². The van der Waals surface area contributed by atoms with Crippen LogP contribution in [0.1, 0.15) is 22.3 Å². The highest BCUT2D eigenvalue weighted by Gasteiger charge is 2.25. The first-order valence-electron chi connectivity index (χ1n) is 7.20. The smallest absolute Gasteiger partial charge is 0.118 e. The second-order valence-corrected chi connectivity index (χ2v) is 6.36. The summed E-state index contributed by atoms with van der Waals surface area (Å²) in [5.74, 6) is 2.52. The van der Waals surface area contributed by atoms with Crippen molar-refractivity contribution in [1.82, 2.24) is 0 Å². The highest BCUT2D eigenvalue weighted by atomic mass is 32.2. The molecule has 0 aliphatic carbocycles. The second-order valence-electron chi connectivity index (χ2n) is 5.25. The summed E-state index contributed by atoms with van der Waals surface area (Å²) in [4.78, 5) is 0. The Hall–Kier alpha value is -2.63. The van der Waals surface area contributed by atoms with Crippen LogP contribution in [-0.2, 0) is 12.2 Å². The zero-order valence-corrected chi connectivity index (χ0v) is 13.5. The molecule has 23 heavy (non-hydrogen) atoms. The van der Waals surface area contributed by atoms with Crippen LogP contribution in [0.4, 0.5) is 5.69 Å². The molecule has 2 aromatic carbocycles. The highest BCUT2D eigenvalue weighted by molar-refractivity contribution is 7.98. The minimum Gasteiger partial charge on any atom is -0.497 e. The minimum atomic E-state index is 0.298. The Morgan fingerprint density at radius 2 is 1.78 bits per heavy atom. The molecule has 0 saturated heterocycles. The number of rotatable bonds is 2. The van der Waals surface area contributed by atoms with Crippen molar-refractivity contribution >= 4 is 17.4 Å². The average Bonchev–Trinajstić information content (AvgIpc) is 2.61. The Kier molecular flexibility index (Phi) is 4.14. The van der Waals surface area contributed by atoms with E-state index in [1.165, 1.54) is 0 Å². The maximum absolute atomic E-state index is 9.61. The van der Waals surface area contributed by atoms with Crippen LogP contribution in [0.25, 0.3) is 11.1 Å². The first-order chi connectivity index (χ1) is 11.2. The van der Waals surface area contributed by atoms with Gasteiger partial charge in [-0.2, -0.15) is 22.3 Å². The number of ether oxygens (including phenoxy) is 1. The lowest BCUT2D eigenvalue weighted by Gasteiger charge is -2.23. The third-order valence-electron chi connectivity index (χ3n) is 4.10. The van der Waals surface area contributed by atoms with Gasteiger partial charge in [0.25, 0.3) is 0 Å². The first kappa shape index (κ1) is 15.3. The van der Waals surface area contributed by atoms with Crippen molar-refractivity contribution in [3.8, 4) is 29.0 Å². The Morgan fingerprint density at radius 3 is 2.39 bits per heavy atom. The summed E-state index contributed by atoms with van der Waals surface area (Å²) in [6.45, 7) is 0. The Balaban J connectivity index is 2.33. The standard InChI is InChI=1S/C18H15N3OS/c1-22-12-4-2-11(3-5-12)17-15(9-20)18(21)14(8-19)13-6-7-23-10-16(13)17/h2-5H,6-7,10,21H2,1H3. The number of fused-ring (bicyclic) bond motifs is 1. The van der Waals surface area contributed by atoms with Gasteiger partial charge in [-0.1, -0.05) is 12.1 Å². The molecule has 4 nitrogen and oxygen atoms in total. The fourth-order valence-corrected chi connectivity index (χ4v) is 3.99. The fraction of sp³-hybridized carbons (Fsp3) is 0.222. The van der Waals surface area contributed by atoms with E-state index in [4.69, 9.17) is 10.5 Å². The molecule has 1 heterocycles. The van der Waals surface area contributed by atoms with Crippen LogP contribution in [0.2, 0.25) is 0 Å². The maximum atomic E-state index is 9.61. The summed E-state index contributed by atoms with van der Waals surface area (Å²) < 4.78 is 5.20. The van der Waals surface area contributed by atoms with Crippen LogP contribution in [0.3, 0.4) is 0 Å². The van der Waals surface area contributed by atoms with Gasteiger partial charge in [-0.15, -0.1) is 0 Å². The molecule has 2 N–H and O–H groups in total. The van der Waals surface area contributed by atoms with Crippen LogP contribution in [-0.4, -0.2) is 12.9 Å². The third kappa shape index (κ3) is 2.50. The number of hydrogen-bond acceptors (Lipinski definition) is 5. The topological polar surface area (TPSA) is 82.8 Å². The summed E-state index contributed by atoms with van der Waals surface area (Å²) in [6.07, 6.45) is 0.807. The highest BCUT2D eigenvalue weighted by Crippen LogP contribution is 2.41. The van der Waals surface area contributed by atoms with E-state index in [0.717, 1.165) is 45.9 Å². The molecule has 0 saturated carbocycles. The molecule has 3 rings (SSSR count). The van der Waals surface area contributed by atoms with Crippen molar-refractivity contribution in [3.05, 3.63) is 46.5 Å². The average molecular weight is 321 g/mol. The van der Waals surface area contributed by atoms with Gasteiger partial charge in [-0.25, -0.2) is 0 Å². The first-order valence-corrected chi connectivity index (χ1v) is 8.36. The zero-order valence-electron chi connectivity index (χ0n) is 12.7. The number of nitrogen functional groups attached to an aromatic ring is 1. The second kappa shape index (κ2) is 6.24. The van der Waals surface area contributed by atoms with E-state index in [-0.39, 0.29) is 0 Å². The molecule has 0 atom stereocenters. The number of anilines is 1. The summed E-state index contributed by atoms with van der Waals surface area (Å²) in [6, 6.07) is 12.0. The van der Waals surface area contributed by atoms with Gasteiger partial charge in [-0.3, -0.25) is 0 Å². The number of hydrogen-bond donors (Lipinski definition) is 1.